The van der Waals surface area contributed by atoms with E-state index >= 15 is 0 Å². The third-order valence-corrected chi connectivity index (χ3v) is 4.72. The van der Waals surface area contributed by atoms with E-state index in [1.807, 2.05) is 0 Å². The number of rotatable bonds is 3. The summed E-state index contributed by atoms with van der Waals surface area (Å²) >= 11 is 17.8. The zero-order valence-electron chi connectivity index (χ0n) is 14.1. The van der Waals surface area contributed by atoms with Crippen LogP contribution in [-0.4, -0.2) is 30.1 Å². The molecule has 0 atom stereocenters. The predicted octanol–water partition coefficient (Wildman–Crippen LogP) is 4.03. The van der Waals surface area contributed by atoms with Crippen molar-refractivity contribution < 1.29 is 24.2 Å². The average Bonchev–Trinajstić information content (AvgIpc) is 2.63. The van der Waals surface area contributed by atoms with E-state index in [-0.39, 0.29) is 37.6 Å². The molecule has 2 N–H and O–H groups in total. The Kier molecular flexibility index (Phi) is 5.51. The van der Waals surface area contributed by atoms with Gasteiger partial charge in [-0.1, -0.05) is 34.8 Å². The molecule has 3 rings (SSSR count). The van der Waals surface area contributed by atoms with Gasteiger partial charge in [0.15, 0.2) is 5.75 Å². The highest BCUT2D eigenvalue weighted by Crippen LogP contribution is 2.34. The van der Waals surface area contributed by atoms with E-state index in [0.717, 1.165) is 4.90 Å². The number of phenols is 1. The Balaban J connectivity index is 2.04. The second kappa shape index (κ2) is 7.71. The van der Waals surface area contributed by atoms with Crippen molar-refractivity contribution in [3.05, 3.63) is 56.5 Å². The second-order valence-electron chi connectivity index (χ2n) is 5.61. The first-order valence-corrected chi connectivity index (χ1v) is 8.79. The normalized spacial score (nSPS) is 15.8. The second-order valence-corrected chi connectivity index (χ2v) is 6.83. The van der Waals surface area contributed by atoms with Crippen molar-refractivity contribution in [1.82, 2.24) is 5.32 Å². The van der Waals surface area contributed by atoms with Crippen molar-refractivity contribution in [3.8, 4) is 11.5 Å². The van der Waals surface area contributed by atoms with E-state index in [2.05, 4.69) is 5.32 Å². The summed E-state index contributed by atoms with van der Waals surface area (Å²) < 4.78 is 5.04. The third kappa shape index (κ3) is 3.64. The van der Waals surface area contributed by atoms with Crippen molar-refractivity contribution in [2.24, 2.45) is 0 Å². The Labute approximate surface area is 174 Å². The van der Waals surface area contributed by atoms with Crippen LogP contribution in [-0.2, 0) is 9.59 Å². The Bertz CT molecular complexity index is 1030. The molecule has 2 aromatic rings. The minimum absolute atomic E-state index is 0.0575. The van der Waals surface area contributed by atoms with Gasteiger partial charge >= 0.3 is 6.03 Å². The summed E-state index contributed by atoms with van der Waals surface area (Å²) in [6.45, 7) is 0. The molecule has 1 aliphatic rings. The van der Waals surface area contributed by atoms with Crippen LogP contribution in [0.1, 0.15) is 5.56 Å². The molecule has 1 fully saturated rings. The summed E-state index contributed by atoms with van der Waals surface area (Å²) in [5.41, 5.74) is 0.103. The first-order valence-electron chi connectivity index (χ1n) is 7.66. The quantitative estimate of drug-likeness (QED) is 0.554. The lowest BCUT2D eigenvalue weighted by molar-refractivity contribution is -0.122. The van der Waals surface area contributed by atoms with Crippen molar-refractivity contribution in [2.45, 2.75) is 0 Å². The van der Waals surface area contributed by atoms with Gasteiger partial charge in [0.05, 0.1) is 27.9 Å². The van der Waals surface area contributed by atoms with Gasteiger partial charge in [0, 0.05) is 0 Å². The summed E-state index contributed by atoms with van der Waals surface area (Å²) in [4.78, 5) is 38.0. The highest BCUT2D eigenvalue weighted by Gasteiger charge is 2.37. The molecular weight excluding hydrogens is 431 g/mol. The largest absolute Gasteiger partial charge is 0.505 e. The van der Waals surface area contributed by atoms with Gasteiger partial charge in [0.25, 0.3) is 11.8 Å². The number of halogens is 3. The lowest BCUT2D eigenvalue weighted by atomic mass is 10.1. The van der Waals surface area contributed by atoms with Crippen molar-refractivity contribution in [3.63, 3.8) is 0 Å². The molecule has 144 valence electrons. The Morgan fingerprint density at radius 2 is 1.68 bits per heavy atom. The fraction of sp³-hybridized carbons (Fsp3) is 0.0556. The monoisotopic (exact) mass is 440 g/mol. The zero-order chi connectivity index (χ0) is 20.6. The molecule has 0 aliphatic carbocycles. The van der Waals surface area contributed by atoms with Gasteiger partial charge in [-0.25, -0.2) is 9.69 Å². The number of methoxy groups -OCH3 is 1. The Morgan fingerprint density at radius 1 is 1.04 bits per heavy atom. The van der Waals surface area contributed by atoms with Crippen LogP contribution in [0.3, 0.4) is 0 Å². The lowest BCUT2D eigenvalue weighted by Crippen LogP contribution is -2.54. The molecule has 0 spiro atoms. The van der Waals surface area contributed by atoms with Crippen molar-refractivity contribution >= 4 is 64.4 Å². The molecule has 28 heavy (non-hydrogen) atoms. The van der Waals surface area contributed by atoms with Gasteiger partial charge in [-0.05, 0) is 42.0 Å². The standard InChI is InChI=1S/C18H11Cl3N2O5/c1-28-14-3-2-9(7-11(14)19)23-17(26)10(16(25)22-18(23)27)4-8-5-12(20)15(24)13(21)6-8/h2-7,24H,1H3,(H,22,25,27)/b10-4-. The van der Waals surface area contributed by atoms with Crippen LogP contribution in [0, 0.1) is 0 Å². The number of anilines is 1. The van der Waals surface area contributed by atoms with Gasteiger partial charge in [-0.2, -0.15) is 0 Å². The fourth-order valence-corrected chi connectivity index (χ4v) is 3.28. The van der Waals surface area contributed by atoms with E-state index in [4.69, 9.17) is 39.5 Å². The van der Waals surface area contributed by atoms with Crippen molar-refractivity contribution in [1.29, 1.82) is 0 Å². The lowest BCUT2D eigenvalue weighted by Gasteiger charge is -2.26. The predicted molar refractivity (Wildman–Crippen MR) is 105 cm³/mol. The number of nitrogens with zero attached hydrogens (tertiary/aromatic N) is 1. The number of hydrogen-bond donors (Lipinski definition) is 2. The van der Waals surface area contributed by atoms with E-state index in [1.165, 1.54) is 43.5 Å². The summed E-state index contributed by atoms with van der Waals surface area (Å²) in [5, 5.41) is 11.8. The maximum atomic E-state index is 12.8. The summed E-state index contributed by atoms with van der Waals surface area (Å²) in [6, 6.07) is 6.01. The van der Waals surface area contributed by atoms with Crippen LogP contribution in [0.4, 0.5) is 10.5 Å². The molecule has 0 unspecified atom stereocenters. The van der Waals surface area contributed by atoms with Gasteiger partial charge in [-0.3, -0.25) is 14.9 Å². The molecular formula is C18H11Cl3N2O5. The number of imide groups is 2. The number of ether oxygens (including phenoxy) is 1. The third-order valence-electron chi connectivity index (χ3n) is 3.85. The number of phenolic OH excluding ortho intramolecular Hbond substituents is 1. The van der Waals surface area contributed by atoms with Crippen LogP contribution < -0.4 is 15.0 Å². The molecule has 2 aromatic carbocycles. The number of barbiturate groups is 1. The molecule has 7 nitrogen and oxygen atoms in total. The summed E-state index contributed by atoms with van der Waals surface area (Å²) in [5.74, 6) is -1.72. The van der Waals surface area contributed by atoms with Gasteiger partial charge in [0.2, 0.25) is 0 Å². The zero-order valence-corrected chi connectivity index (χ0v) is 16.4. The highest BCUT2D eigenvalue weighted by atomic mass is 35.5. The maximum absolute atomic E-state index is 12.8. The van der Waals surface area contributed by atoms with E-state index in [1.54, 1.807) is 0 Å². The summed E-state index contributed by atoms with van der Waals surface area (Å²) in [6.07, 6.45) is 1.21. The van der Waals surface area contributed by atoms with Gasteiger partial charge in [-0.15, -0.1) is 0 Å². The molecule has 0 aromatic heterocycles. The fourth-order valence-electron chi connectivity index (χ4n) is 2.52. The van der Waals surface area contributed by atoms with Crippen LogP contribution in [0.25, 0.3) is 6.08 Å². The van der Waals surface area contributed by atoms with E-state index in [0.29, 0.717) is 5.75 Å². The molecule has 1 aliphatic heterocycles. The number of benzene rings is 2. The van der Waals surface area contributed by atoms with E-state index < -0.39 is 17.8 Å². The number of hydrogen-bond acceptors (Lipinski definition) is 5. The highest BCUT2D eigenvalue weighted by molar-refractivity contribution is 6.40. The van der Waals surface area contributed by atoms with E-state index in [9.17, 15) is 19.5 Å². The van der Waals surface area contributed by atoms with Crippen molar-refractivity contribution in [2.75, 3.05) is 12.0 Å². The molecule has 4 amide bonds. The van der Waals surface area contributed by atoms with Crippen LogP contribution in [0.5, 0.6) is 11.5 Å². The Morgan fingerprint density at radius 3 is 2.25 bits per heavy atom. The number of aromatic hydroxyl groups is 1. The first kappa shape index (κ1) is 20.0. The van der Waals surface area contributed by atoms with Crippen LogP contribution >= 0.6 is 34.8 Å². The number of urea groups is 1. The van der Waals surface area contributed by atoms with Gasteiger partial charge < -0.3 is 9.84 Å². The molecule has 1 saturated heterocycles. The topological polar surface area (TPSA) is 95.9 Å². The van der Waals surface area contributed by atoms with Gasteiger partial charge in [0.1, 0.15) is 11.3 Å². The van der Waals surface area contributed by atoms with Crippen LogP contribution in [0.2, 0.25) is 15.1 Å². The number of carbonyl (C=O) groups is 3. The number of carbonyl (C=O) groups excluding carboxylic acids is 3. The van der Waals surface area contributed by atoms with Crippen LogP contribution in [0.15, 0.2) is 35.9 Å². The SMILES string of the molecule is COc1ccc(N2C(=O)NC(=O)/C(=C/c3cc(Cl)c(O)c(Cl)c3)C2=O)cc1Cl. The molecule has 1 heterocycles. The number of nitrogens with one attached hydrogen (secondary N) is 1. The molecule has 0 saturated carbocycles. The maximum Gasteiger partial charge on any atom is 0.335 e. The summed E-state index contributed by atoms with van der Waals surface area (Å²) in [7, 11) is 1.42. The minimum atomic E-state index is -0.921. The molecule has 0 bridgehead atoms. The minimum Gasteiger partial charge on any atom is -0.505 e. The molecule has 10 heteroatoms. The Hall–Kier alpha value is -2.74. The molecule has 0 radical (unpaired) electrons. The first-order chi connectivity index (χ1) is 13.2. The number of amides is 4. The smallest absolute Gasteiger partial charge is 0.335 e. The average molecular weight is 442 g/mol.